The third-order valence-corrected chi connectivity index (χ3v) is 12.0. The van der Waals surface area contributed by atoms with Gasteiger partial charge in [0.2, 0.25) is 5.44 Å². The van der Waals surface area contributed by atoms with Gasteiger partial charge < -0.3 is 39.7 Å². The number of esters is 2. The SMILES string of the molecule is CC(C)[C@@H]1CC[C@@H](C)C[C@H]1OC(=O)C(O)O.CC(C)[C@@H]1CC[C@@H](C)C[C@H]1OC(=O)[C@@H]1O[C@@H](O)CS1.OC1CSC(O)CS1. The molecule has 5 N–H and O–H groups in total. The van der Waals surface area contributed by atoms with E-state index >= 15 is 0 Å². The maximum atomic E-state index is 12.1. The summed E-state index contributed by atoms with van der Waals surface area (Å²) >= 11 is 4.13. The van der Waals surface area contributed by atoms with Crippen LogP contribution >= 0.6 is 35.3 Å². The molecular formula is C30H54O10S3. The number of carbonyl (C=O) groups is 2. The largest absolute Gasteiger partial charge is 0.459 e. The van der Waals surface area contributed by atoms with Crippen LogP contribution in [0.2, 0.25) is 0 Å². The topological polar surface area (TPSA) is 163 Å². The summed E-state index contributed by atoms with van der Waals surface area (Å²) in [5.41, 5.74) is -1.17. The Bertz CT molecular complexity index is 814. The van der Waals surface area contributed by atoms with Crippen molar-refractivity contribution in [3.8, 4) is 0 Å². The van der Waals surface area contributed by atoms with Gasteiger partial charge in [-0.1, -0.05) is 54.4 Å². The Morgan fingerprint density at radius 1 is 0.721 bits per heavy atom. The fourth-order valence-corrected chi connectivity index (χ4v) is 8.74. The first-order valence-corrected chi connectivity index (χ1v) is 18.6. The number of rotatable bonds is 6. The van der Waals surface area contributed by atoms with Crippen molar-refractivity contribution in [1.82, 2.24) is 0 Å². The molecule has 2 unspecified atom stereocenters. The van der Waals surface area contributed by atoms with Crippen molar-refractivity contribution in [2.75, 3.05) is 17.3 Å². The molecule has 43 heavy (non-hydrogen) atoms. The third kappa shape index (κ3) is 14.0. The quantitative estimate of drug-likeness (QED) is 0.205. The summed E-state index contributed by atoms with van der Waals surface area (Å²) in [4.78, 5) is 23.2. The highest BCUT2D eigenvalue weighted by molar-refractivity contribution is 8.06. The van der Waals surface area contributed by atoms with E-state index in [2.05, 4.69) is 41.5 Å². The normalized spacial score (nSPS) is 36.3. The standard InChI is InChI=1S/C14H24O4S.C12H22O4.C4H8O2S2/c1-8(2)10-5-4-9(3)6-11(10)17-13(16)14-18-12(15)7-19-14;1-7(2)9-5-4-8(3)6-10(9)16-12(15)11(13)14;5-3-1-7-4(6)2-8-3/h8-12,14-15H,4-7H2,1-3H3;7-11,13-14H,4-6H2,1-3H3;3-6H,1-2H2/t9-,10+,11-,12-,14-;8-,9+,10-;/m11./s1. The van der Waals surface area contributed by atoms with Crippen LogP contribution in [0.5, 0.6) is 0 Å². The lowest BCUT2D eigenvalue weighted by molar-refractivity contribution is -0.184. The fraction of sp³-hybridized carbons (Fsp3) is 0.933. The molecule has 10 nitrogen and oxygen atoms in total. The van der Waals surface area contributed by atoms with E-state index in [1.165, 1.54) is 41.7 Å². The highest BCUT2D eigenvalue weighted by Crippen LogP contribution is 2.37. The van der Waals surface area contributed by atoms with E-state index in [1.807, 2.05) is 0 Å². The molecule has 2 saturated carbocycles. The Labute approximate surface area is 269 Å². The van der Waals surface area contributed by atoms with Crippen molar-refractivity contribution in [2.24, 2.45) is 35.5 Å². The van der Waals surface area contributed by atoms with Crippen LogP contribution < -0.4 is 0 Å². The van der Waals surface area contributed by atoms with E-state index in [0.717, 1.165) is 32.1 Å². The van der Waals surface area contributed by atoms with Crippen LogP contribution in [-0.2, 0) is 23.8 Å². The highest BCUT2D eigenvalue weighted by atomic mass is 32.2. The van der Waals surface area contributed by atoms with Crippen LogP contribution in [0.3, 0.4) is 0 Å². The fourth-order valence-electron chi connectivity index (χ4n) is 5.91. The van der Waals surface area contributed by atoms with Crippen molar-refractivity contribution >= 4 is 47.2 Å². The zero-order valence-corrected chi connectivity index (χ0v) is 28.8. The highest BCUT2D eigenvalue weighted by Gasteiger charge is 2.38. The molecule has 0 aromatic heterocycles. The molecule has 4 aliphatic rings. The minimum absolute atomic E-state index is 0.00167. The predicted molar refractivity (Wildman–Crippen MR) is 171 cm³/mol. The molecular weight excluding hydrogens is 617 g/mol. The number of carbonyl (C=O) groups excluding carboxylic acids is 2. The monoisotopic (exact) mass is 670 g/mol. The van der Waals surface area contributed by atoms with Crippen molar-refractivity contribution < 1.29 is 49.3 Å². The summed E-state index contributed by atoms with van der Waals surface area (Å²) in [5.74, 6) is 3.38. The lowest BCUT2D eigenvalue weighted by Crippen LogP contribution is -2.38. The molecule has 13 heteroatoms. The molecule has 2 heterocycles. The maximum absolute atomic E-state index is 12.1. The van der Waals surface area contributed by atoms with Gasteiger partial charge in [0.15, 0.2) is 6.29 Å². The van der Waals surface area contributed by atoms with Crippen LogP contribution in [0.25, 0.3) is 0 Å². The smallest absolute Gasteiger partial charge is 0.363 e. The molecule has 0 aromatic carbocycles. The van der Waals surface area contributed by atoms with Crippen molar-refractivity contribution in [2.45, 2.75) is 121 Å². The van der Waals surface area contributed by atoms with E-state index in [9.17, 15) is 14.7 Å². The average Bonchev–Trinajstić information content (AvgIpc) is 3.37. The summed E-state index contributed by atoms with van der Waals surface area (Å²) in [6, 6.07) is 0. The Hall–Kier alpha value is -0.250. The molecule has 4 fully saturated rings. The number of hydrogen-bond acceptors (Lipinski definition) is 13. The first-order chi connectivity index (χ1) is 20.2. The van der Waals surface area contributed by atoms with E-state index in [-0.39, 0.29) is 29.0 Å². The summed E-state index contributed by atoms with van der Waals surface area (Å²) < 4.78 is 16.0. The molecule has 10 atom stereocenters. The van der Waals surface area contributed by atoms with Crippen molar-refractivity contribution in [1.29, 1.82) is 0 Å². The minimum atomic E-state index is -2.01. The lowest BCUT2D eigenvalue weighted by Gasteiger charge is -2.37. The van der Waals surface area contributed by atoms with Gasteiger partial charge >= 0.3 is 11.9 Å². The van der Waals surface area contributed by atoms with E-state index in [1.54, 1.807) is 0 Å². The number of hydrogen-bond donors (Lipinski definition) is 5. The van der Waals surface area contributed by atoms with Gasteiger partial charge in [0.05, 0.1) is 0 Å². The van der Waals surface area contributed by atoms with Gasteiger partial charge in [-0.15, -0.1) is 35.3 Å². The Morgan fingerprint density at radius 2 is 1.19 bits per heavy atom. The van der Waals surface area contributed by atoms with E-state index in [0.29, 0.717) is 52.8 Å². The van der Waals surface area contributed by atoms with Gasteiger partial charge in [-0.3, -0.25) is 0 Å². The summed E-state index contributed by atoms with van der Waals surface area (Å²) in [6.45, 7) is 12.9. The summed E-state index contributed by atoms with van der Waals surface area (Å²) in [7, 11) is 0. The van der Waals surface area contributed by atoms with Gasteiger partial charge in [0.25, 0.3) is 6.29 Å². The second-order valence-electron chi connectivity index (χ2n) is 12.8. The maximum Gasteiger partial charge on any atom is 0.363 e. The van der Waals surface area contributed by atoms with Crippen LogP contribution in [0.15, 0.2) is 0 Å². The van der Waals surface area contributed by atoms with Gasteiger partial charge in [0, 0.05) is 17.3 Å². The van der Waals surface area contributed by atoms with Crippen LogP contribution in [-0.4, -0.2) is 95.8 Å². The Balaban J connectivity index is 0.000000243. The summed E-state index contributed by atoms with van der Waals surface area (Å²) in [6.07, 6.45) is 3.27. The number of aliphatic hydroxyl groups excluding tert-OH is 4. The third-order valence-electron chi connectivity index (χ3n) is 8.39. The molecule has 252 valence electrons. The molecule has 0 radical (unpaired) electrons. The zero-order valence-electron chi connectivity index (χ0n) is 26.4. The molecule has 0 spiro atoms. The van der Waals surface area contributed by atoms with Crippen LogP contribution in [0, 0.1) is 35.5 Å². The average molecular weight is 671 g/mol. The Kier molecular flexibility index (Phi) is 17.6. The first-order valence-electron chi connectivity index (χ1n) is 15.5. The predicted octanol–water partition coefficient (Wildman–Crippen LogP) is 3.80. The molecule has 0 bridgehead atoms. The molecule has 4 rings (SSSR count). The van der Waals surface area contributed by atoms with Gasteiger partial charge in [-0.05, 0) is 61.2 Å². The summed E-state index contributed by atoms with van der Waals surface area (Å²) in [5, 5.41) is 44.4. The second-order valence-corrected chi connectivity index (χ2v) is 16.3. The van der Waals surface area contributed by atoms with Crippen LogP contribution in [0.4, 0.5) is 0 Å². The minimum Gasteiger partial charge on any atom is -0.459 e. The van der Waals surface area contributed by atoms with Gasteiger partial charge in [0.1, 0.15) is 23.1 Å². The zero-order chi connectivity index (χ0) is 32.3. The molecule has 0 aromatic rings. The van der Waals surface area contributed by atoms with E-state index in [4.69, 9.17) is 34.6 Å². The lowest BCUT2D eigenvalue weighted by atomic mass is 9.75. The van der Waals surface area contributed by atoms with Gasteiger partial charge in [-0.25, -0.2) is 9.59 Å². The van der Waals surface area contributed by atoms with Gasteiger partial charge in [-0.2, -0.15) is 0 Å². The number of ether oxygens (including phenoxy) is 3. The molecule has 0 amide bonds. The number of aliphatic hydroxyl groups is 5. The molecule has 2 saturated heterocycles. The van der Waals surface area contributed by atoms with E-state index < -0.39 is 24.0 Å². The molecule has 2 aliphatic heterocycles. The first kappa shape index (κ1) is 38.9. The van der Waals surface area contributed by atoms with Crippen LogP contribution in [0.1, 0.15) is 80.1 Å². The molecule has 2 aliphatic carbocycles. The second kappa shape index (κ2) is 19.4. The number of thioether (sulfide) groups is 3. The Morgan fingerprint density at radius 3 is 1.56 bits per heavy atom. The van der Waals surface area contributed by atoms with Crippen molar-refractivity contribution in [3.63, 3.8) is 0 Å². The van der Waals surface area contributed by atoms with Crippen molar-refractivity contribution in [3.05, 3.63) is 0 Å².